The summed E-state index contributed by atoms with van der Waals surface area (Å²) in [7, 11) is 0. The van der Waals surface area contributed by atoms with Gasteiger partial charge < -0.3 is 20.5 Å². The average molecular weight is 350 g/mol. The van der Waals surface area contributed by atoms with E-state index in [-0.39, 0.29) is 24.3 Å². The SMILES string of the molecule is CCOC(=O)C[C@H](C)[C@H](NC(=O)c1cccc(OC(C)=O)c1)C(N)=O. The van der Waals surface area contributed by atoms with Crippen LogP contribution in [0.1, 0.15) is 37.6 Å². The van der Waals surface area contributed by atoms with Crippen molar-refractivity contribution in [1.82, 2.24) is 5.32 Å². The van der Waals surface area contributed by atoms with Gasteiger partial charge in [0.2, 0.25) is 5.91 Å². The number of carbonyl (C=O) groups excluding carboxylic acids is 4. The zero-order valence-corrected chi connectivity index (χ0v) is 14.4. The molecule has 0 saturated heterocycles. The Bertz CT molecular complexity index is 658. The Kier molecular flexibility index (Phi) is 7.58. The molecule has 1 rings (SSSR count). The quantitative estimate of drug-likeness (QED) is 0.527. The molecule has 0 aliphatic carbocycles. The summed E-state index contributed by atoms with van der Waals surface area (Å²) >= 11 is 0. The van der Waals surface area contributed by atoms with E-state index in [0.717, 1.165) is 0 Å². The smallest absolute Gasteiger partial charge is 0.308 e. The van der Waals surface area contributed by atoms with Gasteiger partial charge in [-0.2, -0.15) is 0 Å². The van der Waals surface area contributed by atoms with Crippen molar-refractivity contribution >= 4 is 23.8 Å². The van der Waals surface area contributed by atoms with Crippen LogP contribution in [0, 0.1) is 5.92 Å². The van der Waals surface area contributed by atoms with Gasteiger partial charge in [0.05, 0.1) is 13.0 Å². The first-order chi connectivity index (χ1) is 11.7. The summed E-state index contributed by atoms with van der Waals surface area (Å²) in [6.07, 6.45) is -0.0603. The number of hydrogen-bond donors (Lipinski definition) is 2. The molecule has 0 heterocycles. The van der Waals surface area contributed by atoms with Crippen molar-refractivity contribution in [3.63, 3.8) is 0 Å². The molecule has 8 nitrogen and oxygen atoms in total. The molecule has 3 N–H and O–H groups in total. The van der Waals surface area contributed by atoms with Gasteiger partial charge in [-0.3, -0.25) is 19.2 Å². The van der Waals surface area contributed by atoms with Crippen LogP contribution in [0.15, 0.2) is 24.3 Å². The lowest BCUT2D eigenvalue weighted by atomic mass is 9.97. The van der Waals surface area contributed by atoms with Gasteiger partial charge in [-0.15, -0.1) is 0 Å². The number of nitrogens with one attached hydrogen (secondary N) is 1. The number of ether oxygens (including phenoxy) is 2. The minimum atomic E-state index is -1.05. The van der Waals surface area contributed by atoms with Crippen molar-refractivity contribution < 1.29 is 28.7 Å². The lowest BCUT2D eigenvalue weighted by Gasteiger charge is -2.21. The number of carbonyl (C=O) groups is 4. The maximum absolute atomic E-state index is 12.3. The van der Waals surface area contributed by atoms with Gasteiger partial charge in [0.25, 0.3) is 5.91 Å². The summed E-state index contributed by atoms with van der Waals surface area (Å²) in [5.74, 6) is -2.68. The van der Waals surface area contributed by atoms with Gasteiger partial charge in [0.1, 0.15) is 11.8 Å². The third-order valence-electron chi connectivity index (χ3n) is 3.31. The van der Waals surface area contributed by atoms with Crippen LogP contribution >= 0.6 is 0 Å². The third kappa shape index (κ3) is 6.62. The number of primary amides is 1. The van der Waals surface area contributed by atoms with Crippen molar-refractivity contribution in [1.29, 1.82) is 0 Å². The molecule has 8 heteroatoms. The molecular formula is C17H22N2O6. The van der Waals surface area contributed by atoms with E-state index in [0.29, 0.717) is 0 Å². The molecule has 0 aliphatic heterocycles. The second-order valence-corrected chi connectivity index (χ2v) is 5.46. The largest absolute Gasteiger partial charge is 0.466 e. The van der Waals surface area contributed by atoms with Crippen LogP contribution in [0.3, 0.4) is 0 Å². The second-order valence-electron chi connectivity index (χ2n) is 5.46. The number of amides is 2. The molecule has 0 radical (unpaired) electrons. The van der Waals surface area contributed by atoms with Crippen LogP contribution in [-0.2, 0) is 19.1 Å². The highest BCUT2D eigenvalue weighted by Crippen LogP contribution is 2.15. The summed E-state index contributed by atoms with van der Waals surface area (Å²) in [4.78, 5) is 46.5. The number of nitrogens with two attached hydrogens (primary N) is 1. The molecular weight excluding hydrogens is 328 g/mol. The highest BCUT2D eigenvalue weighted by molar-refractivity contribution is 5.97. The molecule has 0 saturated carbocycles. The van der Waals surface area contributed by atoms with E-state index in [1.807, 2.05) is 0 Å². The highest BCUT2D eigenvalue weighted by Gasteiger charge is 2.27. The highest BCUT2D eigenvalue weighted by atomic mass is 16.5. The molecule has 1 aromatic carbocycles. The second kappa shape index (κ2) is 9.41. The van der Waals surface area contributed by atoms with E-state index in [2.05, 4.69) is 5.32 Å². The predicted octanol–water partition coefficient (Wildman–Crippen LogP) is 0.785. The first kappa shape index (κ1) is 20.1. The van der Waals surface area contributed by atoms with E-state index >= 15 is 0 Å². The fraction of sp³-hybridized carbons (Fsp3) is 0.412. The Morgan fingerprint density at radius 2 is 1.92 bits per heavy atom. The van der Waals surface area contributed by atoms with Gasteiger partial charge in [-0.25, -0.2) is 0 Å². The number of hydrogen-bond acceptors (Lipinski definition) is 6. The maximum Gasteiger partial charge on any atom is 0.308 e. The minimum absolute atomic E-state index is 0.0603. The van der Waals surface area contributed by atoms with Crippen LogP contribution in [-0.4, -0.2) is 36.4 Å². The van der Waals surface area contributed by atoms with Crippen LogP contribution in [0.5, 0.6) is 5.75 Å². The summed E-state index contributed by atoms with van der Waals surface area (Å²) < 4.78 is 9.75. The third-order valence-corrected chi connectivity index (χ3v) is 3.31. The zero-order valence-electron chi connectivity index (χ0n) is 14.4. The molecule has 0 fully saturated rings. The fourth-order valence-electron chi connectivity index (χ4n) is 2.19. The summed E-state index contributed by atoms with van der Waals surface area (Å²) in [5.41, 5.74) is 5.52. The maximum atomic E-state index is 12.3. The number of rotatable bonds is 8. The van der Waals surface area contributed by atoms with Gasteiger partial charge in [-0.05, 0) is 31.0 Å². The number of esters is 2. The van der Waals surface area contributed by atoms with Crippen molar-refractivity contribution in [2.75, 3.05) is 6.61 Å². The molecule has 1 aromatic rings. The predicted molar refractivity (Wildman–Crippen MR) is 88.6 cm³/mol. The van der Waals surface area contributed by atoms with Crippen LogP contribution in [0.25, 0.3) is 0 Å². The molecule has 0 spiro atoms. The van der Waals surface area contributed by atoms with Crippen LogP contribution < -0.4 is 15.8 Å². The fourth-order valence-corrected chi connectivity index (χ4v) is 2.19. The standard InChI is InChI=1S/C17H22N2O6/c1-4-24-14(21)8-10(2)15(16(18)22)19-17(23)12-6-5-7-13(9-12)25-11(3)20/h5-7,9-10,15H,4,8H2,1-3H3,(H2,18,22)(H,19,23)/t10-,15-/m0/s1. The van der Waals surface area contributed by atoms with Crippen molar-refractivity contribution in [2.45, 2.75) is 33.2 Å². The Balaban J connectivity index is 2.84. The van der Waals surface area contributed by atoms with E-state index < -0.39 is 35.7 Å². The van der Waals surface area contributed by atoms with Crippen LogP contribution in [0.2, 0.25) is 0 Å². The first-order valence-corrected chi connectivity index (χ1v) is 7.78. The van der Waals surface area contributed by atoms with Crippen molar-refractivity contribution in [2.24, 2.45) is 11.7 Å². The Morgan fingerprint density at radius 3 is 2.48 bits per heavy atom. The Morgan fingerprint density at radius 1 is 1.24 bits per heavy atom. The van der Waals surface area contributed by atoms with E-state index in [1.165, 1.54) is 31.2 Å². The molecule has 136 valence electrons. The van der Waals surface area contributed by atoms with Gasteiger partial charge >= 0.3 is 11.9 Å². The summed E-state index contributed by atoms with van der Waals surface area (Å²) in [5, 5.41) is 2.50. The molecule has 25 heavy (non-hydrogen) atoms. The van der Waals surface area contributed by atoms with Crippen LogP contribution in [0.4, 0.5) is 0 Å². The molecule has 0 aliphatic rings. The average Bonchev–Trinajstić information content (AvgIpc) is 2.51. The molecule has 2 atom stereocenters. The molecule has 0 unspecified atom stereocenters. The van der Waals surface area contributed by atoms with Gasteiger partial charge in [0.15, 0.2) is 0 Å². The van der Waals surface area contributed by atoms with Gasteiger partial charge in [-0.1, -0.05) is 13.0 Å². The Labute approximate surface area is 145 Å². The topological polar surface area (TPSA) is 125 Å². The van der Waals surface area contributed by atoms with Crippen molar-refractivity contribution in [3.8, 4) is 5.75 Å². The Hall–Kier alpha value is -2.90. The monoisotopic (exact) mass is 350 g/mol. The summed E-state index contributed by atoms with van der Waals surface area (Å²) in [6, 6.07) is 4.87. The van der Waals surface area contributed by atoms with Crippen molar-refractivity contribution in [3.05, 3.63) is 29.8 Å². The van der Waals surface area contributed by atoms with E-state index in [4.69, 9.17) is 15.2 Å². The van der Waals surface area contributed by atoms with E-state index in [1.54, 1.807) is 13.8 Å². The van der Waals surface area contributed by atoms with Gasteiger partial charge in [0, 0.05) is 12.5 Å². The molecule has 0 bridgehead atoms. The first-order valence-electron chi connectivity index (χ1n) is 7.78. The zero-order chi connectivity index (χ0) is 19.0. The molecule has 0 aromatic heterocycles. The summed E-state index contributed by atoms with van der Waals surface area (Å²) in [6.45, 7) is 4.75. The lowest BCUT2D eigenvalue weighted by Crippen LogP contribution is -2.49. The minimum Gasteiger partial charge on any atom is -0.466 e. The number of benzene rings is 1. The normalized spacial score (nSPS) is 12.6. The molecule has 2 amide bonds. The van der Waals surface area contributed by atoms with E-state index in [9.17, 15) is 19.2 Å². The lowest BCUT2D eigenvalue weighted by molar-refractivity contribution is -0.144.